The number of nitrogens with one attached hydrogen (secondary N) is 2. The number of amides is 1. The highest BCUT2D eigenvalue weighted by Crippen LogP contribution is 2.09. The van der Waals surface area contributed by atoms with Crippen molar-refractivity contribution in [2.75, 3.05) is 26.3 Å². The average Bonchev–Trinajstić information content (AvgIpc) is 2.92. The Labute approximate surface area is 118 Å². The molecule has 6 heteroatoms. The van der Waals surface area contributed by atoms with Crippen molar-refractivity contribution in [1.29, 1.82) is 0 Å². The predicted octanol–water partition coefficient (Wildman–Crippen LogP) is 0.423. The second-order valence-electron chi connectivity index (χ2n) is 5.23. The highest BCUT2D eigenvalue weighted by molar-refractivity contribution is 5.96. The number of Topliss-reactive ketones (excluding diaryl/α,β-unsaturated/α-hetero) is 1. The zero-order valence-corrected chi connectivity index (χ0v) is 11.9. The van der Waals surface area contributed by atoms with Crippen molar-refractivity contribution in [3.8, 4) is 0 Å². The van der Waals surface area contributed by atoms with Gasteiger partial charge in [0, 0.05) is 18.8 Å². The summed E-state index contributed by atoms with van der Waals surface area (Å²) < 4.78 is 5.37. The molecule has 0 aliphatic carbocycles. The lowest BCUT2D eigenvalue weighted by Gasteiger charge is -2.34. The molecule has 2 rings (SSSR count). The fourth-order valence-electron chi connectivity index (χ4n) is 2.22. The zero-order valence-electron chi connectivity index (χ0n) is 11.9. The van der Waals surface area contributed by atoms with E-state index in [0.717, 1.165) is 0 Å². The summed E-state index contributed by atoms with van der Waals surface area (Å²) in [6.07, 6.45) is 1.72. The normalized spacial score (nSPS) is 20.1. The van der Waals surface area contributed by atoms with E-state index in [-0.39, 0.29) is 24.3 Å². The molecule has 0 aromatic carbocycles. The number of carbonyl (C=O) groups is 2. The van der Waals surface area contributed by atoms with Gasteiger partial charge in [-0.3, -0.25) is 14.5 Å². The molecular formula is C14H21N3O3. The fourth-order valence-corrected chi connectivity index (χ4v) is 2.22. The standard InChI is InChI=1S/C14H21N3O3/c1-10(2)16-14(19)12-9-20-7-6-17(12)8-13(18)11-4-3-5-15-11/h3-5,10,12,15H,6-9H2,1-2H3,(H,16,19). The molecule has 0 saturated carbocycles. The molecule has 2 N–H and O–H groups in total. The first-order valence-electron chi connectivity index (χ1n) is 6.86. The van der Waals surface area contributed by atoms with Gasteiger partial charge in [-0.1, -0.05) is 0 Å². The Bertz CT molecular complexity index is 456. The monoisotopic (exact) mass is 279 g/mol. The lowest BCUT2D eigenvalue weighted by atomic mass is 10.1. The van der Waals surface area contributed by atoms with E-state index in [0.29, 0.717) is 25.5 Å². The van der Waals surface area contributed by atoms with Gasteiger partial charge in [0.2, 0.25) is 5.91 Å². The van der Waals surface area contributed by atoms with Crippen LogP contribution in [0.15, 0.2) is 18.3 Å². The molecule has 1 unspecified atom stereocenters. The van der Waals surface area contributed by atoms with E-state index in [4.69, 9.17) is 4.74 Å². The molecule has 1 fully saturated rings. The number of hydrogen-bond donors (Lipinski definition) is 2. The highest BCUT2D eigenvalue weighted by atomic mass is 16.5. The minimum Gasteiger partial charge on any atom is -0.378 e. The molecule has 1 aromatic rings. The molecule has 1 aromatic heterocycles. The maximum Gasteiger partial charge on any atom is 0.239 e. The summed E-state index contributed by atoms with van der Waals surface area (Å²) in [5.74, 6) is -0.0989. The zero-order chi connectivity index (χ0) is 14.5. The largest absolute Gasteiger partial charge is 0.378 e. The van der Waals surface area contributed by atoms with Gasteiger partial charge in [-0.2, -0.15) is 0 Å². The van der Waals surface area contributed by atoms with E-state index >= 15 is 0 Å². The number of carbonyl (C=O) groups excluding carboxylic acids is 2. The van der Waals surface area contributed by atoms with Crippen LogP contribution in [0.5, 0.6) is 0 Å². The Morgan fingerprint density at radius 2 is 2.35 bits per heavy atom. The second-order valence-corrected chi connectivity index (χ2v) is 5.23. The molecule has 1 saturated heterocycles. The lowest BCUT2D eigenvalue weighted by molar-refractivity contribution is -0.132. The first-order valence-corrected chi connectivity index (χ1v) is 6.86. The van der Waals surface area contributed by atoms with E-state index in [2.05, 4.69) is 10.3 Å². The van der Waals surface area contributed by atoms with Crippen LogP contribution in [0.4, 0.5) is 0 Å². The van der Waals surface area contributed by atoms with Gasteiger partial charge in [0.05, 0.1) is 25.5 Å². The Balaban J connectivity index is 2.00. The number of ketones is 1. The summed E-state index contributed by atoms with van der Waals surface area (Å²) in [5.41, 5.74) is 0.569. The van der Waals surface area contributed by atoms with Crippen molar-refractivity contribution < 1.29 is 14.3 Å². The minimum absolute atomic E-state index is 0.0146. The van der Waals surface area contributed by atoms with E-state index in [1.807, 2.05) is 18.7 Å². The predicted molar refractivity (Wildman–Crippen MR) is 74.6 cm³/mol. The molecule has 20 heavy (non-hydrogen) atoms. The first kappa shape index (κ1) is 14.7. The number of aromatic nitrogens is 1. The molecule has 0 radical (unpaired) electrons. The second kappa shape index (κ2) is 6.67. The van der Waals surface area contributed by atoms with Crippen LogP contribution in [-0.4, -0.2) is 60.0 Å². The van der Waals surface area contributed by atoms with Crippen molar-refractivity contribution in [3.05, 3.63) is 24.0 Å². The molecule has 6 nitrogen and oxygen atoms in total. The highest BCUT2D eigenvalue weighted by Gasteiger charge is 2.31. The topological polar surface area (TPSA) is 74.4 Å². The maximum absolute atomic E-state index is 12.1. The van der Waals surface area contributed by atoms with Gasteiger partial charge in [-0.15, -0.1) is 0 Å². The number of rotatable bonds is 5. The molecule has 0 bridgehead atoms. The number of hydrogen-bond acceptors (Lipinski definition) is 4. The molecule has 1 aliphatic heterocycles. The van der Waals surface area contributed by atoms with Crippen molar-refractivity contribution >= 4 is 11.7 Å². The third-order valence-electron chi connectivity index (χ3n) is 3.22. The Morgan fingerprint density at radius 3 is 3.00 bits per heavy atom. The van der Waals surface area contributed by atoms with Gasteiger partial charge in [0.15, 0.2) is 5.78 Å². The molecule has 1 aliphatic rings. The van der Waals surface area contributed by atoms with Gasteiger partial charge < -0.3 is 15.0 Å². The van der Waals surface area contributed by atoms with E-state index < -0.39 is 6.04 Å². The number of morpholine rings is 1. The molecule has 0 spiro atoms. The quantitative estimate of drug-likeness (QED) is 0.766. The van der Waals surface area contributed by atoms with Crippen LogP contribution in [0.2, 0.25) is 0 Å². The number of aromatic amines is 1. The van der Waals surface area contributed by atoms with Crippen LogP contribution >= 0.6 is 0 Å². The van der Waals surface area contributed by atoms with Crippen LogP contribution in [0.3, 0.4) is 0 Å². The minimum atomic E-state index is -0.398. The van der Waals surface area contributed by atoms with Gasteiger partial charge in [0.25, 0.3) is 0 Å². The molecule has 1 amide bonds. The third-order valence-corrected chi connectivity index (χ3v) is 3.22. The van der Waals surface area contributed by atoms with Crippen LogP contribution < -0.4 is 5.32 Å². The first-order chi connectivity index (χ1) is 9.58. The van der Waals surface area contributed by atoms with Crippen molar-refractivity contribution in [3.63, 3.8) is 0 Å². The fraction of sp³-hybridized carbons (Fsp3) is 0.571. The Morgan fingerprint density at radius 1 is 1.55 bits per heavy atom. The summed E-state index contributed by atoms with van der Waals surface area (Å²) >= 11 is 0. The molecule has 2 heterocycles. The number of ether oxygens (including phenoxy) is 1. The summed E-state index contributed by atoms with van der Waals surface area (Å²) in [7, 11) is 0. The Kier molecular flexibility index (Phi) is 4.92. The average molecular weight is 279 g/mol. The van der Waals surface area contributed by atoms with Crippen molar-refractivity contribution in [1.82, 2.24) is 15.2 Å². The van der Waals surface area contributed by atoms with E-state index in [9.17, 15) is 9.59 Å². The van der Waals surface area contributed by atoms with E-state index in [1.165, 1.54) is 0 Å². The van der Waals surface area contributed by atoms with Crippen LogP contribution in [-0.2, 0) is 9.53 Å². The molecular weight excluding hydrogens is 258 g/mol. The molecule has 110 valence electrons. The van der Waals surface area contributed by atoms with Crippen molar-refractivity contribution in [2.24, 2.45) is 0 Å². The number of nitrogens with zero attached hydrogens (tertiary/aromatic N) is 1. The smallest absolute Gasteiger partial charge is 0.239 e. The van der Waals surface area contributed by atoms with Gasteiger partial charge in [-0.05, 0) is 26.0 Å². The number of H-pyrrole nitrogens is 1. The lowest BCUT2D eigenvalue weighted by Crippen LogP contribution is -2.56. The van der Waals surface area contributed by atoms with Crippen molar-refractivity contribution in [2.45, 2.75) is 25.9 Å². The van der Waals surface area contributed by atoms with Gasteiger partial charge in [0.1, 0.15) is 6.04 Å². The third kappa shape index (κ3) is 3.68. The van der Waals surface area contributed by atoms with Crippen LogP contribution in [0, 0.1) is 0 Å². The summed E-state index contributed by atoms with van der Waals surface area (Å²) in [4.78, 5) is 29.0. The Hall–Kier alpha value is -1.66. The van der Waals surface area contributed by atoms with Gasteiger partial charge in [-0.25, -0.2) is 0 Å². The summed E-state index contributed by atoms with van der Waals surface area (Å²) in [6.45, 7) is 5.51. The summed E-state index contributed by atoms with van der Waals surface area (Å²) in [6, 6.07) is 3.21. The van der Waals surface area contributed by atoms with Crippen LogP contribution in [0.25, 0.3) is 0 Å². The SMILES string of the molecule is CC(C)NC(=O)C1COCCN1CC(=O)c1ccc[nH]1. The summed E-state index contributed by atoms with van der Waals surface area (Å²) in [5, 5.41) is 2.87. The van der Waals surface area contributed by atoms with E-state index in [1.54, 1.807) is 18.3 Å². The van der Waals surface area contributed by atoms with Crippen LogP contribution in [0.1, 0.15) is 24.3 Å². The maximum atomic E-state index is 12.1. The molecule has 1 atom stereocenters. The van der Waals surface area contributed by atoms with Gasteiger partial charge >= 0.3 is 0 Å².